The second kappa shape index (κ2) is 5.29. The van der Waals surface area contributed by atoms with Gasteiger partial charge in [0.25, 0.3) is 5.91 Å². The molecule has 2 aromatic rings. The third-order valence-corrected chi connectivity index (χ3v) is 4.73. The lowest BCUT2D eigenvalue weighted by atomic mass is 10.00. The van der Waals surface area contributed by atoms with Crippen molar-refractivity contribution >= 4 is 33.1 Å². The molecule has 0 bridgehead atoms. The molecule has 0 aliphatic carbocycles. The average Bonchev–Trinajstić information content (AvgIpc) is 2.83. The fourth-order valence-electron chi connectivity index (χ4n) is 3.10. The monoisotopic (exact) mass is 354 g/mol. The number of hydrogen-bond acceptors (Lipinski definition) is 2. The van der Waals surface area contributed by atoms with Crippen LogP contribution in [0.5, 0.6) is 0 Å². The van der Waals surface area contributed by atoms with E-state index in [2.05, 4.69) is 50.4 Å². The molecular formula is C18H15BrN2O. The summed E-state index contributed by atoms with van der Waals surface area (Å²) in [4.78, 5) is 14.5. The summed E-state index contributed by atoms with van der Waals surface area (Å²) in [6.45, 7) is 1.80. The first kappa shape index (κ1) is 13.6. The summed E-state index contributed by atoms with van der Waals surface area (Å²) in [6, 6.07) is 14.4. The fourth-order valence-corrected chi connectivity index (χ4v) is 3.46. The van der Waals surface area contributed by atoms with Gasteiger partial charge in [0.2, 0.25) is 0 Å². The third-order valence-electron chi connectivity index (χ3n) is 4.24. The molecule has 0 saturated carbocycles. The summed E-state index contributed by atoms with van der Waals surface area (Å²) in [7, 11) is 0. The normalized spacial score (nSPS) is 18.1. The van der Waals surface area contributed by atoms with E-state index in [1.807, 2.05) is 24.4 Å². The molecule has 4 rings (SSSR count). The Morgan fingerprint density at radius 1 is 1.14 bits per heavy atom. The number of rotatable bonds is 1. The Morgan fingerprint density at radius 3 is 2.82 bits per heavy atom. The predicted molar refractivity (Wildman–Crippen MR) is 91.3 cm³/mol. The predicted octanol–water partition coefficient (Wildman–Crippen LogP) is 3.80. The van der Waals surface area contributed by atoms with E-state index in [1.54, 1.807) is 0 Å². The van der Waals surface area contributed by atoms with Gasteiger partial charge in [-0.2, -0.15) is 0 Å². The zero-order chi connectivity index (χ0) is 15.1. The minimum Gasteiger partial charge on any atom is -0.372 e. The molecule has 0 aromatic heterocycles. The maximum atomic E-state index is 12.2. The number of carbonyl (C=O) groups is 1. The molecular weight excluding hydrogens is 340 g/mol. The van der Waals surface area contributed by atoms with Crippen LogP contribution in [0, 0.1) is 0 Å². The number of anilines is 1. The molecule has 2 aromatic carbocycles. The second-order valence-corrected chi connectivity index (χ2v) is 6.59. The number of benzene rings is 2. The molecule has 2 heterocycles. The first-order valence-corrected chi connectivity index (χ1v) is 8.14. The van der Waals surface area contributed by atoms with E-state index in [4.69, 9.17) is 0 Å². The molecule has 1 N–H and O–H groups in total. The van der Waals surface area contributed by atoms with Gasteiger partial charge in [0.15, 0.2) is 0 Å². The van der Waals surface area contributed by atoms with E-state index in [1.165, 1.54) is 11.1 Å². The first-order valence-electron chi connectivity index (χ1n) is 7.34. The van der Waals surface area contributed by atoms with Crippen LogP contribution < -0.4 is 5.32 Å². The maximum Gasteiger partial charge on any atom is 0.257 e. The van der Waals surface area contributed by atoms with Crippen molar-refractivity contribution in [1.29, 1.82) is 0 Å². The molecule has 110 valence electrons. The number of carbonyl (C=O) groups excluding carboxylic acids is 1. The number of halogens is 1. The lowest BCUT2D eigenvalue weighted by molar-refractivity contribution is -0.110. The second-order valence-electron chi connectivity index (χ2n) is 5.68. The summed E-state index contributed by atoms with van der Waals surface area (Å²) < 4.78 is 0.984. The molecule has 0 saturated heterocycles. The van der Waals surface area contributed by atoms with Crippen LogP contribution in [0.15, 0.2) is 53.1 Å². The molecule has 1 amide bonds. The van der Waals surface area contributed by atoms with Crippen LogP contribution in [0.25, 0.3) is 5.57 Å². The van der Waals surface area contributed by atoms with Crippen LogP contribution in [-0.2, 0) is 17.8 Å². The van der Waals surface area contributed by atoms with E-state index < -0.39 is 0 Å². The Hall–Kier alpha value is -2.07. The summed E-state index contributed by atoms with van der Waals surface area (Å²) in [6.07, 6.45) is 3.02. The van der Waals surface area contributed by atoms with Crippen molar-refractivity contribution in [2.75, 3.05) is 11.9 Å². The quantitative estimate of drug-likeness (QED) is 0.790. The number of fused-ring (bicyclic) bond motifs is 2. The van der Waals surface area contributed by atoms with E-state index >= 15 is 0 Å². The van der Waals surface area contributed by atoms with Gasteiger partial charge in [-0.05, 0) is 35.7 Å². The molecule has 2 aliphatic rings. The smallest absolute Gasteiger partial charge is 0.257 e. The van der Waals surface area contributed by atoms with Crippen LogP contribution >= 0.6 is 15.9 Å². The minimum atomic E-state index is -0.0213. The van der Waals surface area contributed by atoms with Crippen molar-refractivity contribution in [3.63, 3.8) is 0 Å². The summed E-state index contributed by atoms with van der Waals surface area (Å²) in [5.41, 5.74) is 5.36. The average molecular weight is 355 g/mol. The molecule has 0 fully saturated rings. The molecule has 4 heteroatoms. The lowest BCUT2D eigenvalue weighted by Gasteiger charge is -2.28. The van der Waals surface area contributed by atoms with Gasteiger partial charge in [-0.15, -0.1) is 0 Å². The van der Waals surface area contributed by atoms with Crippen molar-refractivity contribution in [1.82, 2.24) is 4.90 Å². The highest BCUT2D eigenvalue weighted by atomic mass is 79.9. The van der Waals surface area contributed by atoms with E-state index in [-0.39, 0.29) is 5.91 Å². The van der Waals surface area contributed by atoms with E-state index in [9.17, 15) is 4.79 Å². The van der Waals surface area contributed by atoms with Gasteiger partial charge < -0.3 is 10.2 Å². The van der Waals surface area contributed by atoms with Gasteiger partial charge >= 0.3 is 0 Å². The van der Waals surface area contributed by atoms with Gasteiger partial charge in [0.05, 0.1) is 5.57 Å². The molecule has 0 radical (unpaired) electrons. The molecule has 3 nitrogen and oxygen atoms in total. The van der Waals surface area contributed by atoms with Crippen LogP contribution in [-0.4, -0.2) is 17.4 Å². The molecule has 0 spiro atoms. The summed E-state index contributed by atoms with van der Waals surface area (Å²) in [5.74, 6) is -0.0213. The third kappa shape index (κ3) is 2.33. The SMILES string of the molecule is O=C1Nc2ccc(Br)cc2/C1=C\N1CCc2ccccc2C1. The number of nitrogens with zero attached hydrogens (tertiary/aromatic N) is 1. The van der Waals surface area contributed by atoms with Crippen molar-refractivity contribution in [2.45, 2.75) is 13.0 Å². The van der Waals surface area contributed by atoms with Crippen molar-refractivity contribution in [2.24, 2.45) is 0 Å². The Balaban J connectivity index is 1.67. The minimum absolute atomic E-state index is 0.0213. The maximum absolute atomic E-state index is 12.2. The zero-order valence-electron chi connectivity index (χ0n) is 12.0. The van der Waals surface area contributed by atoms with Crippen LogP contribution in [0.4, 0.5) is 5.69 Å². The highest BCUT2D eigenvalue weighted by Gasteiger charge is 2.25. The van der Waals surface area contributed by atoms with Crippen molar-refractivity contribution < 1.29 is 4.79 Å². The highest BCUT2D eigenvalue weighted by molar-refractivity contribution is 9.10. The lowest BCUT2D eigenvalue weighted by Crippen LogP contribution is -2.26. The van der Waals surface area contributed by atoms with Crippen LogP contribution in [0.3, 0.4) is 0 Å². The Labute approximate surface area is 137 Å². The largest absolute Gasteiger partial charge is 0.372 e. The van der Waals surface area contributed by atoms with Crippen molar-refractivity contribution in [3.8, 4) is 0 Å². The number of amides is 1. The van der Waals surface area contributed by atoms with Gasteiger partial charge in [-0.3, -0.25) is 4.79 Å². The Kier molecular flexibility index (Phi) is 3.26. The Morgan fingerprint density at radius 2 is 1.95 bits per heavy atom. The Bertz CT molecular complexity index is 797. The zero-order valence-corrected chi connectivity index (χ0v) is 13.6. The topological polar surface area (TPSA) is 32.3 Å². The summed E-state index contributed by atoms with van der Waals surface area (Å²) in [5, 5.41) is 2.93. The van der Waals surface area contributed by atoms with Gasteiger partial charge in [-0.25, -0.2) is 0 Å². The summed E-state index contributed by atoms with van der Waals surface area (Å²) >= 11 is 3.48. The fraction of sp³-hybridized carbons (Fsp3) is 0.167. The van der Waals surface area contributed by atoms with Crippen LogP contribution in [0.2, 0.25) is 0 Å². The molecule has 0 unspecified atom stereocenters. The standard InChI is InChI=1S/C18H15BrN2O/c19-14-5-6-17-15(9-14)16(18(22)20-17)11-21-8-7-12-3-1-2-4-13(12)10-21/h1-6,9,11H,7-8,10H2,(H,20,22)/b16-11+. The van der Waals surface area contributed by atoms with E-state index in [0.717, 1.165) is 40.8 Å². The van der Waals surface area contributed by atoms with Crippen molar-refractivity contribution in [3.05, 3.63) is 69.8 Å². The highest BCUT2D eigenvalue weighted by Crippen LogP contribution is 2.34. The van der Waals surface area contributed by atoms with Gasteiger partial charge in [0.1, 0.15) is 0 Å². The van der Waals surface area contributed by atoms with Gasteiger partial charge in [-0.1, -0.05) is 40.2 Å². The molecule has 2 aliphatic heterocycles. The first-order chi connectivity index (χ1) is 10.7. The molecule has 22 heavy (non-hydrogen) atoms. The van der Waals surface area contributed by atoms with Crippen LogP contribution in [0.1, 0.15) is 16.7 Å². The number of nitrogens with one attached hydrogen (secondary N) is 1. The number of hydrogen-bond donors (Lipinski definition) is 1. The van der Waals surface area contributed by atoms with E-state index in [0.29, 0.717) is 0 Å². The van der Waals surface area contributed by atoms with Gasteiger partial charge in [0, 0.05) is 35.0 Å². The molecule has 0 atom stereocenters.